The molecule has 0 aliphatic carbocycles. The summed E-state index contributed by atoms with van der Waals surface area (Å²) in [5.41, 5.74) is 3.16. The predicted octanol–water partition coefficient (Wildman–Crippen LogP) is 5.30. The molecule has 1 aliphatic rings. The number of amides is 1. The van der Waals surface area contributed by atoms with Crippen molar-refractivity contribution < 1.29 is 24.9 Å². The van der Waals surface area contributed by atoms with Gasteiger partial charge in [-0.05, 0) is 85.3 Å². The van der Waals surface area contributed by atoms with E-state index in [1.165, 1.54) is 23.9 Å². The molecule has 1 aliphatic heterocycles. The Morgan fingerprint density at radius 3 is 2.47 bits per heavy atom. The molecule has 0 spiro atoms. The first-order valence-corrected chi connectivity index (χ1v) is 19.8. The van der Waals surface area contributed by atoms with Gasteiger partial charge in [0.1, 0.15) is 17.0 Å². The van der Waals surface area contributed by atoms with Crippen LogP contribution >= 0.6 is 0 Å². The molecular formula is C46H50N6O6. The Hall–Kier alpha value is -5.76. The van der Waals surface area contributed by atoms with Gasteiger partial charge in [0.25, 0.3) is 5.91 Å². The molecule has 1 saturated heterocycles. The largest absolute Gasteiger partial charge is 0.506 e. The van der Waals surface area contributed by atoms with E-state index in [1.54, 1.807) is 18.3 Å². The van der Waals surface area contributed by atoms with Crippen molar-refractivity contribution in [1.29, 1.82) is 0 Å². The summed E-state index contributed by atoms with van der Waals surface area (Å²) in [6.45, 7) is 4.76. The Morgan fingerprint density at radius 1 is 0.914 bits per heavy atom. The molecule has 6 aromatic rings. The van der Waals surface area contributed by atoms with Crippen LogP contribution in [0.1, 0.15) is 58.1 Å². The SMILES string of the molecule is O=C(NCCCNC[C@H](O)c1ccc(O)c2[nH]c(=O)ccc12)c1cncc(-c2cccc(C(O)(COCC3CCN(Cc4ccccc4)CC3)c3ccccc3)c2)n1. The van der Waals surface area contributed by atoms with E-state index in [9.17, 15) is 24.9 Å². The Kier molecular flexibility index (Phi) is 13.3. The molecule has 58 heavy (non-hydrogen) atoms. The molecule has 1 amide bonds. The topological polar surface area (TPSA) is 173 Å². The van der Waals surface area contributed by atoms with Gasteiger partial charge in [0.05, 0.1) is 36.3 Å². The molecule has 6 N–H and O–H groups in total. The molecule has 0 radical (unpaired) electrons. The Bertz CT molecular complexity index is 2330. The third-order valence-corrected chi connectivity index (χ3v) is 10.8. The van der Waals surface area contributed by atoms with Crippen molar-refractivity contribution in [3.05, 3.63) is 160 Å². The quantitative estimate of drug-likeness (QED) is 0.0668. The summed E-state index contributed by atoms with van der Waals surface area (Å²) in [4.78, 5) is 38.9. The fourth-order valence-electron chi connectivity index (χ4n) is 7.53. The number of aromatic hydroxyl groups is 1. The molecule has 3 heterocycles. The highest BCUT2D eigenvalue weighted by Gasteiger charge is 2.33. The molecule has 7 rings (SSSR count). The molecule has 2 aromatic heterocycles. The highest BCUT2D eigenvalue weighted by atomic mass is 16.5. The van der Waals surface area contributed by atoms with Crippen LogP contribution < -0.4 is 16.2 Å². The average molecular weight is 783 g/mol. The van der Waals surface area contributed by atoms with E-state index >= 15 is 0 Å². The summed E-state index contributed by atoms with van der Waals surface area (Å²) < 4.78 is 6.33. The summed E-state index contributed by atoms with van der Waals surface area (Å²) in [6, 6.07) is 33.6. The minimum atomic E-state index is -1.42. The third kappa shape index (κ3) is 10.0. The minimum Gasteiger partial charge on any atom is -0.506 e. The van der Waals surface area contributed by atoms with Crippen LogP contribution in [0.25, 0.3) is 22.2 Å². The van der Waals surface area contributed by atoms with E-state index in [2.05, 4.69) is 54.8 Å². The van der Waals surface area contributed by atoms with Crippen LogP contribution in [0.3, 0.4) is 0 Å². The van der Waals surface area contributed by atoms with Gasteiger partial charge in [-0.2, -0.15) is 0 Å². The molecule has 12 nitrogen and oxygen atoms in total. The zero-order valence-corrected chi connectivity index (χ0v) is 32.4. The number of aliphatic hydroxyl groups excluding tert-OH is 1. The van der Waals surface area contributed by atoms with Crippen molar-refractivity contribution in [2.24, 2.45) is 5.92 Å². The van der Waals surface area contributed by atoms with Gasteiger partial charge in [0, 0.05) is 43.3 Å². The van der Waals surface area contributed by atoms with Crippen LogP contribution in [0.2, 0.25) is 0 Å². The van der Waals surface area contributed by atoms with Gasteiger partial charge < -0.3 is 35.7 Å². The second-order valence-corrected chi connectivity index (χ2v) is 14.9. The van der Waals surface area contributed by atoms with Crippen molar-refractivity contribution in [3.63, 3.8) is 0 Å². The first-order chi connectivity index (χ1) is 28.3. The lowest BCUT2D eigenvalue weighted by Gasteiger charge is -2.33. The van der Waals surface area contributed by atoms with Gasteiger partial charge in [-0.3, -0.25) is 19.5 Å². The number of phenolic OH excluding ortho intramolecular Hbond substituents is 1. The Labute approximate surface area is 337 Å². The van der Waals surface area contributed by atoms with Gasteiger partial charge in [-0.1, -0.05) is 84.9 Å². The monoisotopic (exact) mass is 782 g/mol. The van der Waals surface area contributed by atoms with Gasteiger partial charge in [0.2, 0.25) is 5.56 Å². The van der Waals surface area contributed by atoms with Crippen LogP contribution in [0, 0.1) is 5.92 Å². The van der Waals surface area contributed by atoms with Crippen LogP contribution in [-0.2, 0) is 16.9 Å². The molecule has 1 fully saturated rings. The van der Waals surface area contributed by atoms with E-state index in [1.807, 2.05) is 60.7 Å². The number of likely N-dealkylation sites (tertiary alicyclic amines) is 1. The van der Waals surface area contributed by atoms with Crippen molar-refractivity contribution in [1.82, 2.24) is 30.5 Å². The van der Waals surface area contributed by atoms with Gasteiger partial charge in [0.15, 0.2) is 0 Å². The van der Waals surface area contributed by atoms with Gasteiger partial charge >= 0.3 is 0 Å². The number of pyridine rings is 1. The first kappa shape index (κ1) is 40.4. The van der Waals surface area contributed by atoms with E-state index < -0.39 is 11.7 Å². The van der Waals surface area contributed by atoms with E-state index in [0.29, 0.717) is 59.8 Å². The number of hydrogen-bond acceptors (Lipinski definition) is 10. The second-order valence-electron chi connectivity index (χ2n) is 14.9. The molecule has 0 saturated carbocycles. The molecule has 2 atom stereocenters. The third-order valence-electron chi connectivity index (χ3n) is 10.8. The maximum Gasteiger partial charge on any atom is 0.271 e. The summed E-state index contributed by atoms with van der Waals surface area (Å²) in [7, 11) is 0. The molecule has 300 valence electrons. The lowest BCUT2D eigenvalue weighted by Crippen LogP contribution is -2.37. The zero-order chi connectivity index (χ0) is 40.3. The highest BCUT2D eigenvalue weighted by molar-refractivity contribution is 5.92. The number of aliphatic hydroxyl groups is 2. The smallest absolute Gasteiger partial charge is 0.271 e. The number of aromatic amines is 1. The number of nitrogens with zero attached hydrogens (tertiary/aromatic N) is 3. The molecular weight excluding hydrogens is 733 g/mol. The highest BCUT2D eigenvalue weighted by Crippen LogP contribution is 2.33. The van der Waals surface area contributed by atoms with Gasteiger partial charge in [-0.25, -0.2) is 4.98 Å². The van der Waals surface area contributed by atoms with Crippen molar-refractivity contribution in [3.8, 4) is 17.0 Å². The summed E-state index contributed by atoms with van der Waals surface area (Å²) >= 11 is 0. The number of nitrogens with one attached hydrogen (secondary N) is 3. The zero-order valence-electron chi connectivity index (χ0n) is 32.4. The number of benzene rings is 4. The summed E-state index contributed by atoms with van der Waals surface area (Å²) in [5, 5.41) is 39.9. The number of aromatic nitrogens is 3. The number of carbonyl (C=O) groups is 1. The lowest BCUT2D eigenvalue weighted by atomic mass is 9.86. The van der Waals surface area contributed by atoms with Crippen molar-refractivity contribution in [2.45, 2.75) is 37.5 Å². The summed E-state index contributed by atoms with van der Waals surface area (Å²) in [5.74, 6) is -0.0153. The molecule has 12 heteroatoms. The standard InChI is InChI=1S/C46H50N6O6/c53-41-17-15-37(38-16-18-43(55)51-44(38)41)42(54)28-47-21-8-22-49-45(56)40-27-48-26-39(50-40)34-11-7-14-36(25-34)46(57,35-12-5-2-6-13-35)31-58-30-33-19-23-52(24-20-33)29-32-9-3-1-4-10-32/h1-7,9-18,25-27,33,42,47,53-54,57H,8,19-24,28-31H2,(H,49,56)(H,51,55)/t42-,46?/m0/s1. The number of H-pyrrole nitrogens is 1. The molecule has 4 aromatic carbocycles. The fourth-order valence-corrected chi connectivity index (χ4v) is 7.53. The number of ether oxygens (including phenoxy) is 1. The van der Waals surface area contributed by atoms with Crippen LogP contribution in [0.15, 0.2) is 126 Å². The Balaban J connectivity index is 0.920. The number of hydrogen-bond donors (Lipinski definition) is 6. The van der Waals surface area contributed by atoms with E-state index in [4.69, 9.17) is 4.74 Å². The predicted molar refractivity (Wildman–Crippen MR) is 223 cm³/mol. The normalized spacial score (nSPS) is 15.2. The van der Waals surface area contributed by atoms with Gasteiger partial charge in [-0.15, -0.1) is 0 Å². The maximum absolute atomic E-state index is 13.1. The molecule has 1 unspecified atom stereocenters. The van der Waals surface area contributed by atoms with E-state index in [0.717, 1.165) is 38.0 Å². The fraction of sp³-hybridized carbons (Fsp3) is 0.304. The van der Waals surface area contributed by atoms with Crippen LogP contribution in [-0.4, -0.2) is 87.0 Å². The number of carbonyl (C=O) groups excluding carboxylic acids is 1. The first-order valence-electron chi connectivity index (χ1n) is 19.8. The lowest BCUT2D eigenvalue weighted by molar-refractivity contribution is -0.0377. The number of phenols is 1. The van der Waals surface area contributed by atoms with E-state index in [-0.39, 0.29) is 41.6 Å². The van der Waals surface area contributed by atoms with Crippen LogP contribution in [0.5, 0.6) is 5.75 Å². The maximum atomic E-state index is 13.1. The molecule has 0 bridgehead atoms. The second kappa shape index (κ2) is 19.1. The minimum absolute atomic E-state index is 0.0656. The Morgan fingerprint density at radius 2 is 1.67 bits per heavy atom. The number of rotatable bonds is 17. The average Bonchev–Trinajstić information content (AvgIpc) is 3.26. The van der Waals surface area contributed by atoms with Crippen molar-refractivity contribution >= 4 is 16.8 Å². The van der Waals surface area contributed by atoms with Crippen LogP contribution in [0.4, 0.5) is 0 Å². The van der Waals surface area contributed by atoms with Crippen molar-refractivity contribution in [2.75, 3.05) is 45.9 Å². The number of fused-ring (bicyclic) bond motifs is 1. The summed E-state index contributed by atoms with van der Waals surface area (Å²) in [6.07, 6.45) is 4.82. The number of piperidine rings is 1.